The molecule has 1 aliphatic heterocycles. The van der Waals surface area contributed by atoms with Crippen LogP contribution in [0.25, 0.3) is 54.8 Å². The van der Waals surface area contributed by atoms with Crippen molar-refractivity contribution in [3.8, 4) is 39.5 Å². The summed E-state index contributed by atoms with van der Waals surface area (Å²) in [7, 11) is 1.88. The van der Waals surface area contributed by atoms with Crippen LogP contribution in [0.5, 0.6) is 5.75 Å². The molecule has 0 fully saturated rings. The molecular weight excluding hydrogens is 610 g/mol. The molecule has 4 aromatic heterocycles. The number of carbonyl (C=O) groups excluding carboxylic acids is 1. The van der Waals surface area contributed by atoms with Gasteiger partial charge in [0, 0.05) is 52.3 Å². The van der Waals surface area contributed by atoms with Crippen molar-refractivity contribution in [2.75, 3.05) is 13.2 Å². The van der Waals surface area contributed by atoms with Gasteiger partial charge in [-0.2, -0.15) is 10.2 Å². The lowest BCUT2D eigenvalue weighted by atomic mass is 9.96. The molecule has 1 amide bonds. The number of ether oxygens (including phenoxy) is 1. The molecule has 0 spiro atoms. The summed E-state index contributed by atoms with van der Waals surface area (Å²) in [5.74, 6) is -1.87. The van der Waals surface area contributed by atoms with Crippen LogP contribution in [0, 0.1) is 11.6 Å². The average Bonchev–Trinajstić information content (AvgIpc) is 3.78. The Balaban J connectivity index is 1.51. The highest BCUT2D eigenvalue weighted by molar-refractivity contribution is 7.18. The number of carbonyl (C=O) groups is 1. The van der Waals surface area contributed by atoms with Gasteiger partial charge in [0.2, 0.25) is 5.91 Å². The van der Waals surface area contributed by atoms with E-state index in [4.69, 9.17) is 14.8 Å². The topological polar surface area (TPSA) is 98.3 Å². The SMILES string of the molecule is C=CC(=O)N1CCn2nc(-c3nc(-c4ccc5c(cnn5C)c4)c4ccsc4c3-c3c(F)cc(F)cc3OCC(C)O)cc2C1C. The van der Waals surface area contributed by atoms with Gasteiger partial charge in [0.15, 0.2) is 0 Å². The minimum Gasteiger partial charge on any atom is -0.490 e. The van der Waals surface area contributed by atoms with Gasteiger partial charge in [-0.15, -0.1) is 11.3 Å². The van der Waals surface area contributed by atoms with Gasteiger partial charge in [0.1, 0.15) is 35.4 Å². The molecule has 46 heavy (non-hydrogen) atoms. The summed E-state index contributed by atoms with van der Waals surface area (Å²) in [5.41, 5.74) is 4.52. The highest BCUT2D eigenvalue weighted by Gasteiger charge is 2.31. The van der Waals surface area contributed by atoms with Gasteiger partial charge in [0.25, 0.3) is 0 Å². The maximum atomic E-state index is 16.0. The van der Waals surface area contributed by atoms with E-state index in [1.807, 2.05) is 54.4 Å². The Morgan fingerprint density at radius 1 is 1.17 bits per heavy atom. The molecule has 0 aliphatic carbocycles. The first kappa shape index (κ1) is 29.8. The van der Waals surface area contributed by atoms with E-state index < -0.39 is 17.7 Å². The van der Waals surface area contributed by atoms with Crippen LogP contribution in [-0.4, -0.2) is 59.7 Å². The summed E-state index contributed by atoms with van der Waals surface area (Å²) in [5, 5.41) is 22.8. The van der Waals surface area contributed by atoms with Crippen molar-refractivity contribution in [2.24, 2.45) is 7.05 Å². The van der Waals surface area contributed by atoms with Crippen molar-refractivity contribution in [1.29, 1.82) is 0 Å². The van der Waals surface area contributed by atoms with Crippen molar-refractivity contribution in [1.82, 2.24) is 29.4 Å². The molecular formula is C34H30F2N6O3S. The molecule has 2 atom stereocenters. The number of amides is 1. The van der Waals surface area contributed by atoms with E-state index in [1.165, 1.54) is 24.3 Å². The Morgan fingerprint density at radius 2 is 2.00 bits per heavy atom. The number of pyridine rings is 1. The van der Waals surface area contributed by atoms with Gasteiger partial charge in [-0.05, 0) is 49.6 Å². The first-order valence-electron chi connectivity index (χ1n) is 14.8. The van der Waals surface area contributed by atoms with E-state index in [1.54, 1.807) is 15.8 Å². The van der Waals surface area contributed by atoms with Crippen LogP contribution in [0.15, 0.2) is 66.7 Å². The van der Waals surface area contributed by atoms with Crippen LogP contribution in [0.2, 0.25) is 0 Å². The number of aliphatic hydroxyl groups excluding tert-OH is 1. The molecule has 2 aromatic carbocycles. The molecule has 2 unspecified atom stereocenters. The van der Waals surface area contributed by atoms with Crippen molar-refractivity contribution in [2.45, 2.75) is 32.5 Å². The smallest absolute Gasteiger partial charge is 0.246 e. The number of benzene rings is 2. The number of rotatable bonds is 7. The van der Waals surface area contributed by atoms with Crippen LogP contribution >= 0.6 is 11.3 Å². The summed E-state index contributed by atoms with van der Waals surface area (Å²) < 4.78 is 40.8. The molecule has 0 saturated carbocycles. The lowest BCUT2D eigenvalue weighted by Gasteiger charge is -2.33. The third-order valence-corrected chi connectivity index (χ3v) is 9.27. The number of hydrogen-bond donors (Lipinski definition) is 1. The number of aromatic nitrogens is 5. The zero-order valence-corrected chi connectivity index (χ0v) is 26.2. The second-order valence-electron chi connectivity index (χ2n) is 11.4. The van der Waals surface area contributed by atoms with Crippen LogP contribution in [0.1, 0.15) is 25.6 Å². The molecule has 0 saturated heterocycles. The number of halogens is 2. The maximum absolute atomic E-state index is 16.0. The fraction of sp³-hybridized carbons (Fsp3) is 0.235. The number of nitrogens with zero attached hydrogens (tertiary/aromatic N) is 6. The van der Waals surface area contributed by atoms with Crippen molar-refractivity contribution < 1.29 is 23.4 Å². The van der Waals surface area contributed by atoms with E-state index in [0.717, 1.165) is 39.7 Å². The number of hydrogen-bond acceptors (Lipinski definition) is 7. The molecule has 234 valence electrons. The minimum absolute atomic E-state index is 0.0220. The number of thiophene rings is 1. The Hall–Kier alpha value is -4.94. The standard InChI is InChI=1S/C34H30F2N6O3S/c1-5-29(44)41-9-10-42-27(19(41)3)15-25(39-42)33-31(30-24(36)13-22(35)14-28(30)45-17-18(2)43)34-23(8-11-46-34)32(38-33)20-6-7-26-21(12-20)16-37-40(26)4/h5-8,11-16,18-19,43H,1,9-10,17H2,2-4H3. The largest absolute Gasteiger partial charge is 0.490 e. The van der Waals surface area contributed by atoms with Gasteiger partial charge >= 0.3 is 0 Å². The normalized spacial score (nSPS) is 15.3. The maximum Gasteiger partial charge on any atom is 0.246 e. The van der Waals surface area contributed by atoms with Crippen LogP contribution in [0.4, 0.5) is 8.78 Å². The Bertz CT molecular complexity index is 2170. The van der Waals surface area contributed by atoms with Crippen molar-refractivity contribution in [3.05, 3.63) is 84.0 Å². The second kappa shape index (κ2) is 11.5. The monoisotopic (exact) mass is 640 g/mol. The van der Waals surface area contributed by atoms with Gasteiger partial charge in [-0.1, -0.05) is 12.6 Å². The lowest BCUT2D eigenvalue weighted by molar-refractivity contribution is -0.129. The van der Waals surface area contributed by atoms with E-state index in [9.17, 15) is 14.3 Å². The quantitative estimate of drug-likeness (QED) is 0.200. The van der Waals surface area contributed by atoms with Crippen LogP contribution in [-0.2, 0) is 18.4 Å². The van der Waals surface area contributed by atoms with Gasteiger partial charge in [-0.25, -0.2) is 13.8 Å². The predicted octanol–water partition coefficient (Wildman–Crippen LogP) is 6.51. The first-order chi connectivity index (χ1) is 22.1. The van der Waals surface area contributed by atoms with E-state index in [2.05, 4.69) is 11.7 Å². The summed E-state index contributed by atoms with van der Waals surface area (Å²) in [4.78, 5) is 19.5. The van der Waals surface area contributed by atoms with Crippen molar-refractivity contribution in [3.63, 3.8) is 0 Å². The molecule has 12 heteroatoms. The summed E-state index contributed by atoms with van der Waals surface area (Å²) in [6, 6.07) is 11.4. The molecule has 6 aromatic rings. The third kappa shape index (κ3) is 4.94. The summed E-state index contributed by atoms with van der Waals surface area (Å²) in [6.07, 6.45) is 2.22. The highest BCUT2D eigenvalue weighted by atomic mass is 32.1. The second-order valence-corrected chi connectivity index (χ2v) is 12.3. The molecule has 1 aliphatic rings. The van der Waals surface area contributed by atoms with Gasteiger partial charge < -0.3 is 14.7 Å². The van der Waals surface area contributed by atoms with Gasteiger partial charge in [-0.3, -0.25) is 14.2 Å². The fourth-order valence-corrected chi connectivity index (χ4v) is 7.07. The number of aryl methyl sites for hydroxylation is 1. The molecule has 7 rings (SSSR count). The average molecular weight is 641 g/mol. The highest BCUT2D eigenvalue weighted by Crippen LogP contribution is 2.47. The zero-order valence-electron chi connectivity index (χ0n) is 25.4. The molecule has 0 bridgehead atoms. The lowest BCUT2D eigenvalue weighted by Crippen LogP contribution is -2.40. The molecule has 0 radical (unpaired) electrons. The predicted molar refractivity (Wildman–Crippen MR) is 173 cm³/mol. The fourth-order valence-electron chi connectivity index (χ4n) is 6.13. The number of fused-ring (bicyclic) bond motifs is 3. The first-order valence-corrected chi connectivity index (χ1v) is 15.7. The van der Waals surface area contributed by atoms with E-state index in [-0.39, 0.29) is 29.9 Å². The van der Waals surface area contributed by atoms with Gasteiger partial charge in [0.05, 0.1) is 47.4 Å². The van der Waals surface area contributed by atoms with Crippen molar-refractivity contribution >= 4 is 38.2 Å². The molecule has 9 nitrogen and oxygen atoms in total. The molecule has 1 N–H and O–H groups in total. The van der Waals surface area contributed by atoms with E-state index in [0.29, 0.717) is 40.4 Å². The zero-order chi connectivity index (χ0) is 32.3. The Labute approximate surface area is 267 Å². The Morgan fingerprint density at radius 3 is 2.78 bits per heavy atom. The van der Waals surface area contributed by atoms with Crippen LogP contribution < -0.4 is 4.74 Å². The molecule has 5 heterocycles. The van der Waals surface area contributed by atoms with Crippen LogP contribution in [0.3, 0.4) is 0 Å². The minimum atomic E-state index is -0.870. The number of aliphatic hydroxyl groups is 1. The summed E-state index contributed by atoms with van der Waals surface area (Å²) >= 11 is 1.40. The summed E-state index contributed by atoms with van der Waals surface area (Å²) in [6.45, 7) is 7.83. The van der Waals surface area contributed by atoms with E-state index >= 15 is 4.39 Å². The Kier molecular flexibility index (Phi) is 7.41. The third-order valence-electron chi connectivity index (χ3n) is 8.34.